The van der Waals surface area contributed by atoms with Crippen molar-refractivity contribution < 1.29 is 105 Å². The summed E-state index contributed by atoms with van der Waals surface area (Å²) >= 11 is 0. The number of nitrogens with zero attached hydrogens (tertiary/aromatic N) is 7. The van der Waals surface area contributed by atoms with Crippen LogP contribution in [0.15, 0.2) is 36.0 Å². The Morgan fingerprint density at radius 1 is 0.575 bits per heavy atom. The van der Waals surface area contributed by atoms with Gasteiger partial charge in [0.05, 0.1) is 24.7 Å². The summed E-state index contributed by atoms with van der Waals surface area (Å²) in [4.78, 5) is 229. The highest BCUT2D eigenvalue weighted by molar-refractivity contribution is 6.02. The van der Waals surface area contributed by atoms with Gasteiger partial charge in [-0.1, -0.05) is 148 Å². The van der Waals surface area contributed by atoms with Gasteiger partial charge in [0.2, 0.25) is 53.9 Å². The van der Waals surface area contributed by atoms with Gasteiger partial charge in [-0.15, -0.1) is 0 Å². The van der Waals surface area contributed by atoms with E-state index in [1.54, 1.807) is 95.2 Å². The first-order valence-electron chi connectivity index (χ1n) is 43.3. The fraction of sp³-hybridized carbons (Fsp3) is 0.769. The van der Waals surface area contributed by atoms with Gasteiger partial charge in [-0.3, -0.25) is 62.3 Å². The first-order valence-corrected chi connectivity index (χ1v) is 43.3. The summed E-state index contributed by atoms with van der Waals surface area (Å²) in [6.45, 7) is 31.9. The number of rotatable bonds is 21. The zero-order valence-electron chi connectivity index (χ0n) is 76.8. The lowest BCUT2D eigenvalue weighted by atomic mass is 9.44. The number of carbonyl (C=O) groups is 15. The van der Waals surface area contributed by atoms with Gasteiger partial charge >= 0.3 is 12.3 Å². The Morgan fingerprint density at radius 3 is 1.61 bits per heavy atom. The van der Waals surface area contributed by atoms with Crippen molar-refractivity contribution in [2.75, 3.05) is 69.3 Å². The van der Waals surface area contributed by atoms with Gasteiger partial charge in [-0.2, -0.15) is 0 Å². The van der Waals surface area contributed by atoms with Crippen molar-refractivity contribution in [1.82, 2.24) is 34.3 Å². The number of Topliss-reactive ketones (excluding diaryl/α,β-unsaturated/α-hetero) is 5. The molecule has 20 atom stereocenters. The molecule has 1 aliphatic heterocycles. The molecule has 0 aromatic heterocycles. The number of ketones is 6. The number of aliphatic hydroxyl groups is 2. The van der Waals surface area contributed by atoms with Crippen molar-refractivity contribution >= 4 is 88.4 Å². The second-order valence-electron chi connectivity index (χ2n) is 38.2. The quantitative estimate of drug-likeness (QED) is 0.0612. The molecule has 1 heterocycles. The number of hydrogen-bond donors (Lipinski definition) is 2. The summed E-state index contributed by atoms with van der Waals surface area (Å²) in [5, 5.41) is 24.5. The van der Waals surface area contributed by atoms with Crippen LogP contribution in [-0.2, 0) is 81.3 Å². The van der Waals surface area contributed by atoms with Crippen molar-refractivity contribution in [3.63, 3.8) is 0 Å². The van der Waals surface area contributed by atoms with Crippen LogP contribution in [0.1, 0.15) is 228 Å². The smallest absolute Gasteiger partial charge is 0.428 e. The van der Waals surface area contributed by atoms with E-state index in [0.29, 0.717) is 12.0 Å². The molecule has 2 unspecified atom stereocenters. The number of amides is 7. The van der Waals surface area contributed by atoms with Crippen molar-refractivity contribution in [2.24, 2.45) is 93.7 Å². The topological polar surface area (TPSA) is 356 Å². The van der Waals surface area contributed by atoms with Crippen LogP contribution < -0.4 is 0 Å². The molecule has 4 aliphatic carbocycles. The second kappa shape index (κ2) is 42.8. The van der Waals surface area contributed by atoms with Crippen LogP contribution in [0.4, 0.5) is 14.0 Å². The first kappa shape index (κ1) is 102. The van der Waals surface area contributed by atoms with Crippen molar-refractivity contribution in [3.8, 4) is 0 Å². The largest absolute Gasteiger partial charge is 0.511 e. The zero-order chi connectivity index (χ0) is 91.4. The number of ether oxygens (including phenoxy) is 4. The van der Waals surface area contributed by atoms with Crippen LogP contribution in [0.5, 0.6) is 0 Å². The lowest BCUT2D eigenvalue weighted by Gasteiger charge is -2.62. The molecule has 2 N–H and O–H groups in total. The number of hydrogen-bond acceptors (Lipinski definition) is 21. The third-order valence-electron chi connectivity index (χ3n) is 26.9. The minimum atomic E-state index is -2.26. The normalized spacial score (nSPS) is 32.2. The average Bonchev–Trinajstić information content (AvgIpc) is 1.43. The molecule has 29 heteroatoms. The van der Waals surface area contributed by atoms with Gasteiger partial charge in [0.25, 0.3) is 0 Å². The highest BCUT2D eigenvalue weighted by atomic mass is 19.1. The van der Waals surface area contributed by atoms with E-state index in [-0.39, 0.29) is 107 Å². The fourth-order valence-electron chi connectivity index (χ4n) is 19.6. The Morgan fingerprint density at radius 2 is 1.07 bits per heavy atom. The van der Waals surface area contributed by atoms with Gasteiger partial charge in [-0.25, -0.2) is 14.0 Å². The number of carbonyl (C=O) groups excluding carboxylic acids is 15. The van der Waals surface area contributed by atoms with Crippen LogP contribution >= 0.6 is 0 Å². The summed E-state index contributed by atoms with van der Waals surface area (Å²) in [6, 6.07) is -7.86. The number of likely N-dealkylation sites (N-methyl/N-ethyl adjacent to an activating group) is 7. The monoisotopic (exact) mass is 1690 g/mol. The first-order chi connectivity index (χ1) is 55.6. The zero-order valence-corrected chi connectivity index (χ0v) is 76.8. The Balaban J connectivity index is 1.58. The molecule has 676 valence electrons. The van der Waals surface area contributed by atoms with Crippen LogP contribution in [0.3, 0.4) is 0 Å². The molecule has 0 bridgehead atoms. The maximum atomic E-state index is 17.9. The van der Waals surface area contributed by atoms with Crippen LogP contribution in [0.25, 0.3) is 0 Å². The number of allylic oxidation sites excluding steroid dienone is 6. The maximum absolute atomic E-state index is 17.9. The molecule has 120 heavy (non-hydrogen) atoms. The minimum absolute atomic E-state index is 0.0305. The molecule has 7 amide bonds. The van der Waals surface area contributed by atoms with Crippen molar-refractivity contribution in [3.05, 3.63) is 36.0 Å². The molecule has 0 radical (unpaired) electrons. The third-order valence-corrected chi connectivity index (χ3v) is 26.9. The molecule has 28 nitrogen and oxygen atoms in total. The molecule has 4 fully saturated rings. The van der Waals surface area contributed by atoms with E-state index >= 15 is 28.4 Å². The van der Waals surface area contributed by atoms with E-state index < -0.39 is 239 Å². The summed E-state index contributed by atoms with van der Waals surface area (Å²) in [5.74, 6) is -17.3. The predicted molar refractivity (Wildman–Crippen MR) is 449 cm³/mol. The average molecular weight is 1690 g/mol. The summed E-state index contributed by atoms with van der Waals surface area (Å²) in [7, 11) is 9.82. The summed E-state index contributed by atoms with van der Waals surface area (Å²) < 4.78 is 39.7. The molecule has 0 spiro atoms. The minimum Gasteiger partial charge on any atom is -0.428 e. The van der Waals surface area contributed by atoms with Gasteiger partial charge in [0.15, 0.2) is 35.4 Å². The lowest BCUT2D eigenvalue weighted by molar-refractivity contribution is -0.219. The van der Waals surface area contributed by atoms with E-state index in [1.807, 2.05) is 55.4 Å². The van der Waals surface area contributed by atoms with Gasteiger partial charge in [0.1, 0.15) is 41.7 Å². The van der Waals surface area contributed by atoms with Crippen LogP contribution in [-0.4, -0.2) is 262 Å². The van der Waals surface area contributed by atoms with E-state index in [0.717, 1.165) is 9.80 Å². The third kappa shape index (κ3) is 22.8. The predicted octanol–water partition coefficient (Wildman–Crippen LogP) is 10.8. The molecule has 3 saturated carbocycles. The van der Waals surface area contributed by atoms with Crippen LogP contribution in [0, 0.1) is 93.7 Å². The van der Waals surface area contributed by atoms with Gasteiger partial charge < -0.3 is 63.5 Å². The number of halogens is 1. The SMILES string of the molecule is C/C=C/C[C@@H](C)[C@@H](OC(=O)OCOC(=O)OCC(=O)[C@@]1(O)[C@H](C)CC2C3CCC4=CC(=O)C=C[C@]4(C)[C@@]3(F)[C@@H](O)C[C@@]21C)[C@@H]1C(=O)C[C@H](CC)C(=O)N(C)CC(=O)N(C)[C@@H](CC(C)C)C(=O)C[C@H](C(C)C)C(=O)N(C)[C@H](CC(C)C)C(=O)C[C@H](C)C(=O)C[C@@H](C)C(=O)N(C)[C@H](CC(C)C)C(=O)N(C)[C@H](CC(C)C)C(=O)N(C)[C@H](C(C)C)C(=O)N1C. The number of aliphatic hydroxyl groups excluding tert-OH is 1. The maximum Gasteiger partial charge on any atom is 0.511 e. The van der Waals surface area contributed by atoms with E-state index in [1.165, 1.54) is 92.1 Å². The Hall–Kier alpha value is -8.08. The van der Waals surface area contributed by atoms with Crippen LogP contribution in [0.2, 0.25) is 0 Å². The molecule has 0 aromatic carbocycles. The van der Waals surface area contributed by atoms with Gasteiger partial charge in [0, 0.05) is 115 Å². The molecular weight excluding hydrogens is 1550 g/mol. The standard InChI is InChI=1S/C91H144FN7O21/c1-28-30-31-56(15)79(120-87(115)119-49-118-86(114)117-48-75(106)91(116)59(18)42-65-64-33-32-61-44-62(100)34-35-88(61,19)90(64,92)74(105)46-89(65,91)20)78-73(104)43-60(29-2)81(109)93(21)47-76(107)94(22)66(36-50(3)4)72(103)45-63(54(11)12)82(110)95(23)67(37-51(5)6)71(102)40-57(16)70(101)41-58(17)80(108)96(24)68(38-52(7)8)83(111)97(25)69(39-53(9)10)84(112)98(26)77(55(13)14)85(113)99(78)27/h28,30,34-35,44,50-60,63-69,74,77-79,105,116H,29,31-33,36-43,45-49H2,1-27H3/b30-28+/t56-,57+,58-,59-,60+,63-,64?,65?,66+,67-,68-,69-,74+,77-,78+,79-,88+,89+,90+,91+/m1/s1. The Bertz CT molecular complexity index is 3830. The second-order valence-corrected chi connectivity index (χ2v) is 38.2. The van der Waals surface area contributed by atoms with E-state index in [9.17, 15) is 58.2 Å². The highest BCUT2D eigenvalue weighted by Gasteiger charge is 2.76. The van der Waals surface area contributed by atoms with Crippen molar-refractivity contribution in [1.29, 1.82) is 0 Å². The molecule has 0 aromatic rings. The Labute approximate surface area is 711 Å². The molecule has 5 rings (SSSR count). The number of fused-ring (bicyclic) bond motifs is 5. The highest BCUT2D eigenvalue weighted by Crippen LogP contribution is 2.71. The van der Waals surface area contributed by atoms with E-state index in [4.69, 9.17) is 18.9 Å². The lowest BCUT2D eigenvalue weighted by Crippen LogP contribution is -2.69. The molecular formula is C91H144FN7O21. The van der Waals surface area contributed by atoms with Crippen molar-refractivity contribution in [2.45, 2.75) is 288 Å². The number of alkyl halides is 1. The summed E-state index contributed by atoms with van der Waals surface area (Å²) in [6.07, 6.45) is 0.519. The van der Waals surface area contributed by atoms with E-state index in [2.05, 4.69) is 0 Å². The molecule has 5 aliphatic rings. The fourth-order valence-corrected chi connectivity index (χ4v) is 19.6. The summed E-state index contributed by atoms with van der Waals surface area (Å²) in [5.41, 5.74) is -6.73. The van der Waals surface area contributed by atoms with Gasteiger partial charge in [-0.05, 0) is 143 Å². The molecule has 1 saturated heterocycles. The Kier molecular flexibility index (Phi) is 36.6.